The third-order valence-electron chi connectivity index (χ3n) is 3.31. The number of ether oxygens (including phenoxy) is 1. The molecule has 108 valence electrons. The number of hydrogen-bond acceptors (Lipinski definition) is 2. The molecular formula is C15H23F2NO. The molecule has 2 atom stereocenters. The van der Waals surface area contributed by atoms with Crippen LogP contribution in [0.3, 0.4) is 0 Å². The van der Waals surface area contributed by atoms with Gasteiger partial charge in [0.15, 0.2) is 17.4 Å². The summed E-state index contributed by atoms with van der Waals surface area (Å²) in [5.74, 6) is -1.20. The van der Waals surface area contributed by atoms with Gasteiger partial charge in [-0.1, -0.05) is 33.3 Å². The van der Waals surface area contributed by atoms with Gasteiger partial charge >= 0.3 is 0 Å². The molecule has 4 heteroatoms. The molecule has 0 aliphatic heterocycles. The van der Waals surface area contributed by atoms with Crippen LogP contribution in [0, 0.1) is 17.6 Å². The van der Waals surface area contributed by atoms with Crippen LogP contribution in [-0.4, -0.2) is 19.2 Å². The fraction of sp³-hybridized carbons (Fsp3) is 0.600. The van der Waals surface area contributed by atoms with Crippen LogP contribution < -0.4 is 10.1 Å². The number of para-hydroxylation sites is 1. The highest BCUT2D eigenvalue weighted by Crippen LogP contribution is 2.21. The lowest BCUT2D eigenvalue weighted by Gasteiger charge is -2.24. The number of benzene rings is 1. The maximum absolute atomic E-state index is 13.5. The van der Waals surface area contributed by atoms with E-state index in [1.54, 1.807) is 0 Å². The molecule has 0 bridgehead atoms. The zero-order valence-electron chi connectivity index (χ0n) is 11.9. The Morgan fingerprint density at radius 3 is 2.37 bits per heavy atom. The fourth-order valence-corrected chi connectivity index (χ4v) is 1.83. The third-order valence-corrected chi connectivity index (χ3v) is 3.31. The van der Waals surface area contributed by atoms with Gasteiger partial charge in [-0.15, -0.1) is 0 Å². The summed E-state index contributed by atoms with van der Waals surface area (Å²) in [6.45, 7) is 7.42. The highest BCUT2D eigenvalue weighted by atomic mass is 19.1. The maximum atomic E-state index is 13.5. The van der Waals surface area contributed by atoms with Crippen molar-refractivity contribution in [3.8, 4) is 5.75 Å². The van der Waals surface area contributed by atoms with E-state index < -0.39 is 11.6 Å². The van der Waals surface area contributed by atoms with Crippen LogP contribution in [0.4, 0.5) is 8.78 Å². The van der Waals surface area contributed by atoms with E-state index in [0.29, 0.717) is 5.92 Å². The van der Waals surface area contributed by atoms with Gasteiger partial charge < -0.3 is 10.1 Å². The van der Waals surface area contributed by atoms with Gasteiger partial charge in [-0.25, -0.2) is 8.78 Å². The highest BCUT2D eigenvalue weighted by Gasteiger charge is 2.18. The molecule has 0 radical (unpaired) electrons. The fourth-order valence-electron chi connectivity index (χ4n) is 1.83. The first-order valence-electron chi connectivity index (χ1n) is 6.90. The Balaban J connectivity index is 2.64. The van der Waals surface area contributed by atoms with Crippen molar-refractivity contribution in [1.29, 1.82) is 0 Å². The quantitative estimate of drug-likeness (QED) is 0.777. The van der Waals surface area contributed by atoms with Crippen LogP contribution in [0.5, 0.6) is 5.75 Å². The molecule has 1 aromatic carbocycles. The van der Waals surface area contributed by atoms with Crippen LogP contribution in [0.1, 0.15) is 33.6 Å². The molecule has 0 fully saturated rings. The molecule has 0 aliphatic carbocycles. The van der Waals surface area contributed by atoms with Crippen molar-refractivity contribution in [3.63, 3.8) is 0 Å². The summed E-state index contributed by atoms with van der Waals surface area (Å²) in [5.41, 5.74) is 0. The van der Waals surface area contributed by atoms with E-state index in [1.807, 2.05) is 0 Å². The average Bonchev–Trinajstić information content (AvgIpc) is 2.40. The molecule has 1 rings (SSSR count). The molecule has 1 aromatic rings. The summed E-state index contributed by atoms with van der Waals surface area (Å²) in [5, 5.41) is 3.36. The topological polar surface area (TPSA) is 21.3 Å². The Morgan fingerprint density at radius 2 is 1.84 bits per heavy atom. The van der Waals surface area contributed by atoms with Gasteiger partial charge in [-0.3, -0.25) is 0 Å². The van der Waals surface area contributed by atoms with Crippen molar-refractivity contribution in [1.82, 2.24) is 5.32 Å². The summed E-state index contributed by atoms with van der Waals surface area (Å²) < 4.78 is 32.2. The zero-order valence-corrected chi connectivity index (χ0v) is 11.9. The highest BCUT2D eigenvalue weighted by molar-refractivity contribution is 5.26. The average molecular weight is 271 g/mol. The van der Waals surface area contributed by atoms with Gasteiger partial charge in [0.05, 0.1) is 0 Å². The predicted molar refractivity (Wildman–Crippen MR) is 73.4 cm³/mol. The molecule has 0 amide bonds. The minimum Gasteiger partial charge on any atom is -0.486 e. The van der Waals surface area contributed by atoms with Gasteiger partial charge in [0.1, 0.15) is 6.61 Å². The Kier molecular flexibility index (Phi) is 6.78. The second-order valence-electron chi connectivity index (χ2n) is 4.81. The SMILES string of the molecule is CCCNC(COc1c(F)cccc1F)C(C)CC. The molecule has 0 aromatic heterocycles. The maximum Gasteiger partial charge on any atom is 0.190 e. The molecule has 2 nitrogen and oxygen atoms in total. The molecule has 0 heterocycles. The van der Waals surface area contributed by atoms with Crippen LogP contribution in [0.15, 0.2) is 18.2 Å². The predicted octanol–water partition coefficient (Wildman–Crippen LogP) is 3.76. The largest absolute Gasteiger partial charge is 0.486 e. The van der Waals surface area contributed by atoms with E-state index >= 15 is 0 Å². The zero-order chi connectivity index (χ0) is 14.3. The Labute approximate surface area is 114 Å². The first-order valence-corrected chi connectivity index (χ1v) is 6.90. The minimum absolute atomic E-state index is 0.101. The van der Waals surface area contributed by atoms with E-state index in [1.165, 1.54) is 18.2 Å². The summed E-state index contributed by atoms with van der Waals surface area (Å²) in [6, 6.07) is 3.84. The Morgan fingerprint density at radius 1 is 1.21 bits per heavy atom. The van der Waals surface area contributed by atoms with Crippen molar-refractivity contribution in [3.05, 3.63) is 29.8 Å². The monoisotopic (exact) mass is 271 g/mol. The van der Waals surface area contributed by atoms with Gasteiger partial charge in [0, 0.05) is 6.04 Å². The van der Waals surface area contributed by atoms with E-state index in [4.69, 9.17) is 4.74 Å². The smallest absolute Gasteiger partial charge is 0.190 e. The summed E-state index contributed by atoms with van der Waals surface area (Å²) in [7, 11) is 0. The molecule has 0 saturated heterocycles. The summed E-state index contributed by atoms with van der Waals surface area (Å²) >= 11 is 0. The van der Waals surface area contributed by atoms with E-state index in [9.17, 15) is 8.78 Å². The second kappa shape index (κ2) is 8.10. The lowest BCUT2D eigenvalue weighted by molar-refractivity contribution is 0.206. The molecule has 0 spiro atoms. The first-order chi connectivity index (χ1) is 9.10. The number of hydrogen-bond donors (Lipinski definition) is 1. The molecule has 0 aliphatic rings. The van der Waals surface area contributed by atoms with Crippen LogP contribution in [0.25, 0.3) is 0 Å². The summed E-state index contributed by atoms with van der Waals surface area (Å²) in [6.07, 6.45) is 2.01. The van der Waals surface area contributed by atoms with Crippen molar-refractivity contribution >= 4 is 0 Å². The lowest BCUT2D eigenvalue weighted by Crippen LogP contribution is -2.40. The van der Waals surface area contributed by atoms with Crippen molar-refractivity contribution in [2.24, 2.45) is 5.92 Å². The molecule has 19 heavy (non-hydrogen) atoms. The number of rotatable bonds is 8. The second-order valence-corrected chi connectivity index (χ2v) is 4.81. The van der Waals surface area contributed by atoms with Gasteiger partial charge in [-0.2, -0.15) is 0 Å². The lowest BCUT2D eigenvalue weighted by atomic mass is 10.00. The Bertz CT molecular complexity index is 364. The minimum atomic E-state index is -0.654. The Hall–Kier alpha value is -1.16. The van der Waals surface area contributed by atoms with Gasteiger partial charge in [0.25, 0.3) is 0 Å². The van der Waals surface area contributed by atoms with E-state index in [2.05, 4.69) is 26.1 Å². The standard InChI is InChI=1S/C15H23F2NO/c1-4-9-18-14(11(3)5-2)10-19-15-12(16)7-6-8-13(15)17/h6-8,11,14,18H,4-5,9-10H2,1-3H3. The molecule has 2 unspecified atom stereocenters. The van der Waals surface area contributed by atoms with Crippen LogP contribution in [-0.2, 0) is 0 Å². The van der Waals surface area contributed by atoms with E-state index in [0.717, 1.165) is 19.4 Å². The number of nitrogens with one attached hydrogen (secondary N) is 1. The number of halogens is 2. The molecular weight excluding hydrogens is 248 g/mol. The third kappa shape index (κ3) is 4.78. The first kappa shape index (κ1) is 15.9. The van der Waals surface area contributed by atoms with Crippen LogP contribution in [0.2, 0.25) is 0 Å². The molecule has 1 N–H and O–H groups in total. The summed E-state index contributed by atoms with van der Waals surface area (Å²) in [4.78, 5) is 0. The van der Waals surface area contributed by atoms with Crippen molar-refractivity contribution in [2.75, 3.05) is 13.2 Å². The van der Waals surface area contributed by atoms with E-state index in [-0.39, 0.29) is 18.4 Å². The normalized spacial score (nSPS) is 14.2. The van der Waals surface area contributed by atoms with Crippen molar-refractivity contribution in [2.45, 2.75) is 39.7 Å². The van der Waals surface area contributed by atoms with Gasteiger partial charge in [0.2, 0.25) is 0 Å². The molecule has 0 saturated carbocycles. The van der Waals surface area contributed by atoms with Crippen LogP contribution >= 0.6 is 0 Å². The van der Waals surface area contributed by atoms with Gasteiger partial charge in [-0.05, 0) is 31.0 Å². The van der Waals surface area contributed by atoms with Crippen molar-refractivity contribution < 1.29 is 13.5 Å².